The van der Waals surface area contributed by atoms with Gasteiger partial charge >= 0.3 is 5.97 Å². The van der Waals surface area contributed by atoms with Crippen LogP contribution >= 0.6 is 0 Å². The van der Waals surface area contributed by atoms with E-state index in [1.165, 1.54) is 0 Å². The normalized spacial score (nSPS) is 27.5. The van der Waals surface area contributed by atoms with Gasteiger partial charge in [-0.1, -0.05) is 40.2 Å². The van der Waals surface area contributed by atoms with Crippen LogP contribution in [0.4, 0.5) is 0 Å². The van der Waals surface area contributed by atoms with Gasteiger partial charge in [0.25, 0.3) is 0 Å². The number of benzene rings is 1. The molecule has 2 aliphatic rings. The van der Waals surface area contributed by atoms with Crippen molar-refractivity contribution in [3.05, 3.63) is 22.8 Å². The molecule has 0 bridgehead atoms. The minimum Gasteiger partial charge on any atom is -0.504 e. The van der Waals surface area contributed by atoms with Crippen molar-refractivity contribution in [2.24, 2.45) is 11.3 Å². The van der Waals surface area contributed by atoms with Crippen LogP contribution in [0.5, 0.6) is 11.5 Å². The molecule has 0 heterocycles. The maximum atomic E-state index is 12.6. The molecule has 3 rings (SSSR count). The van der Waals surface area contributed by atoms with Crippen LogP contribution in [0.2, 0.25) is 0 Å². The summed E-state index contributed by atoms with van der Waals surface area (Å²) in [5.74, 6) is -0.0838. The Morgan fingerprint density at radius 1 is 1.32 bits per heavy atom. The highest BCUT2D eigenvalue weighted by molar-refractivity contribution is 5.85. The fourth-order valence-electron chi connectivity index (χ4n) is 5.50. The number of carboxylic acid groups (broad SMARTS) is 1. The van der Waals surface area contributed by atoms with E-state index in [1.807, 2.05) is 0 Å². The molecule has 1 aromatic carbocycles. The Balaban J connectivity index is 2.32. The highest BCUT2D eigenvalue weighted by Crippen LogP contribution is 2.60. The number of ether oxygens (including phenoxy) is 1. The summed E-state index contributed by atoms with van der Waals surface area (Å²) in [5.41, 5.74) is 1.49. The third-order valence-corrected chi connectivity index (χ3v) is 6.65. The summed E-state index contributed by atoms with van der Waals surface area (Å²) < 4.78 is 5.52. The average Bonchev–Trinajstić information content (AvgIpc) is 2.53. The number of aryl methyl sites for hydroxylation is 1. The van der Waals surface area contributed by atoms with Gasteiger partial charge in [-0.3, -0.25) is 4.79 Å². The predicted molar refractivity (Wildman–Crippen MR) is 97.5 cm³/mol. The number of hydrogen-bond acceptors (Lipinski definition) is 3. The van der Waals surface area contributed by atoms with Gasteiger partial charge in [-0.25, -0.2) is 0 Å². The van der Waals surface area contributed by atoms with E-state index < -0.39 is 11.4 Å². The zero-order chi connectivity index (χ0) is 18.6. The SMILES string of the molecule is COc1c(C(C)C)cc2c(c1O)[C@@]1(C(=O)O)CCCC(C)(C)[C@@H]1CC2. The summed E-state index contributed by atoms with van der Waals surface area (Å²) in [4.78, 5) is 12.6. The molecule has 1 aromatic rings. The molecule has 2 aliphatic carbocycles. The molecule has 0 aromatic heterocycles. The smallest absolute Gasteiger partial charge is 0.314 e. The third-order valence-electron chi connectivity index (χ3n) is 6.65. The van der Waals surface area contributed by atoms with Gasteiger partial charge in [-0.2, -0.15) is 0 Å². The number of aliphatic carboxylic acids is 1. The number of rotatable bonds is 3. The summed E-state index contributed by atoms with van der Waals surface area (Å²) in [6, 6.07) is 2.07. The maximum absolute atomic E-state index is 12.6. The van der Waals surface area contributed by atoms with Crippen LogP contribution in [0.15, 0.2) is 6.07 Å². The molecule has 138 valence electrons. The second kappa shape index (κ2) is 5.93. The lowest BCUT2D eigenvalue weighted by Crippen LogP contribution is -2.54. The number of phenols is 1. The van der Waals surface area contributed by atoms with Crippen LogP contribution in [0.25, 0.3) is 0 Å². The highest BCUT2D eigenvalue weighted by atomic mass is 16.5. The van der Waals surface area contributed by atoms with Gasteiger partial charge in [-0.15, -0.1) is 0 Å². The Bertz CT molecular complexity index is 704. The zero-order valence-electron chi connectivity index (χ0n) is 16.0. The van der Waals surface area contributed by atoms with Crippen molar-refractivity contribution < 1.29 is 19.7 Å². The molecule has 0 aliphatic heterocycles. The molecule has 1 saturated carbocycles. The van der Waals surface area contributed by atoms with Crippen molar-refractivity contribution >= 4 is 5.97 Å². The van der Waals surface area contributed by atoms with E-state index in [0.29, 0.717) is 17.7 Å². The lowest BCUT2D eigenvalue weighted by Gasteiger charge is -2.53. The number of carbonyl (C=O) groups is 1. The minimum absolute atomic E-state index is 0.0271. The quantitative estimate of drug-likeness (QED) is 0.838. The lowest BCUT2D eigenvalue weighted by atomic mass is 9.49. The van der Waals surface area contributed by atoms with Crippen molar-refractivity contribution in [1.29, 1.82) is 0 Å². The fourth-order valence-corrected chi connectivity index (χ4v) is 5.50. The van der Waals surface area contributed by atoms with Gasteiger partial charge < -0.3 is 14.9 Å². The molecule has 0 radical (unpaired) electrons. The second-order valence-corrected chi connectivity index (χ2v) is 8.75. The molecule has 4 nitrogen and oxygen atoms in total. The number of hydrogen-bond donors (Lipinski definition) is 2. The molecule has 0 saturated heterocycles. The number of aromatic hydroxyl groups is 1. The van der Waals surface area contributed by atoms with Gasteiger partial charge in [0, 0.05) is 11.1 Å². The molecular formula is C21H30O4. The topological polar surface area (TPSA) is 66.8 Å². The first-order chi connectivity index (χ1) is 11.7. The zero-order valence-corrected chi connectivity index (χ0v) is 16.0. The Labute approximate surface area is 150 Å². The lowest BCUT2D eigenvalue weighted by molar-refractivity contribution is -0.152. The van der Waals surface area contributed by atoms with E-state index in [2.05, 4.69) is 33.8 Å². The van der Waals surface area contributed by atoms with Crippen LogP contribution in [0.1, 0.15) is 76.0 Å². The number of methoxy groups -OCH3 is 1. The molecule has 1 fully saturated rings. The van der Waals surface area contributed by atoms with E-state index in [4.69, 9.17) is 4.74 Å². The molecule has 2 atom stereocenters. The maximum Gasteiger partial charge on any atom is 0.314 e. The van der Waals surface area contributed by atoms with Gasteiger partial charge in [0.05, 0.1) is 12.5 Å². The van der Waals surface area contributed by atoms with Gasteiger partial charge in [-0.05, 0) is 48.5 Å². The van der Waals surface area contributed by atoms with E-state index >= 15 is 0 Å². The van der Waals surface area contributed by atoms with E-state index in [0.717, 1.165) is 36.8 Å². The van der Waals surface area contributed by atoms with Crippen LogP contribution in [0, 0.1) is 11.3 Å². The molecular weight excluding hydrogens is 316 g/mol. The Kier molecular flexibility index (Phi) is 4.29. The standard InChI is InChI=1S/C21H30O4/c1-12(2)14-11-13-7-8-15-20(3,4)9-6-10-21(15,19(23)24)16(13)17(22)18(14)25-5/h11-12,15,22H,6-10H2,1-5H3,(H,23,24)/t15-,21+/m0/s1. The van der Waals surface area contributed by atoms with Crippen molar-refractivity contribution in [2.75, 3.05) is 7.11 Å². The first-order valence-electron chi connectivity index (χ1n) is 9.33. The largest absolute Gasteiger partial charge is 0.504 e. The fraction of sp³-hybridized carbons (Fsp3) is 0.667. The van der Waals surface area contributed by atoms with Crippen molar-refractivity contribution in [1.82, 2.24) is 0 Å². The minimum atomic E-state index is -1.01. The van der Waals surface area contributed by atoms with Crippen LogP contribution in [0.3, 0.4) is 0 Å². The molecule has 2 N–H and O–H groups in total. The molecule has 0 spiro atoms. The number of carboxylic acids is 1. The van der Waals surface area contributed by atoms with Crippen LogP contribution < -0.4 is 4.74 Å². The third kappa shape index (κ3) is 2.44. The van der Waals surface area contributed by atoms with Gasteiger partial charge in [0.1, 0.15) is 0 Å². The van der Waals surface area contributed by atoms with Crippen molar-refractivity contribution in [3.63, 3.8) is 0 Å². The van der Waals surface area contributed by atoms with Gasteiger partial charge in [0.2, 0.25) is 0 Å². The first-order valence-corrected chi connectivity index (χ1v) is 9.33. The Morgan fingerprint density at radius 2 is 2.00 bits per heavy atom. The predicted octanol–water partition coefficient (Wildman–Crippen LogP) is 4.62. The van der Waals surface area contributed by atoms with Crippen LogP contribution in [-0.4, -0.2) is 23.3 Å². The Morgan fingerprint density at radius 3 is 2.56 bits per heavy atom. The van der Waals surface area contributed by atoms with E-state index in [-0.39, 0.29) is 23.0 Å². The summed E-state index contributed by atoms with van der Waals surface area (Å²) >= 11 is 0. The van der Waals surface area contributed by atoms with Crippen molar-refractivity contribution in [3.8, 4) is 11.5 Å². The summed E-state index contributed by atoms with van der Waals surface area (Å²) in [5, 5.41) is 21.4. The van der Waals surface area contributed by atoms with Crippen molar-refractivity contribution in [2.45, 2.75) is 71.1 Å². The summed E-state index contributed by atoms with van der Waals surface area (Å²) in [6.07, 6.45) is 4.15. The molecule has 0 amide bonds. The molecule has 4 heteroatoms. The first kappa shape index (κ1) is 18.1. The average molecular weight is 346 g/mol. The van der Waals surface area contributed by atoms with E-state index in [1.54, 1.807) is 7.11 Å². The number of phenolic OH excluding ortho intramolecular Hbond substituents is 1. The summed E-state index contributed by atoms with van der Waals surface area (Å²) in [7, 11) is 1.55. The second-order valence-electron chi connectivity index (χ2n) is 8.75. The Hall–Kier alpha value is -1.71. The van der Waals surface area contributed by atoms with E-state index in [9.17, 15) is 15.0 Å². The van der Waals surface area contributed by atoms with Crippen LogP contribution in [-0.2, 0) is 16.6 Å². The van der Waals surface area contributed by atoms with Gasteiger partial charge in [0.15, 0.2) is 11.5 Å². The molecule has 0 unspecified atom stereocenters. The molecule has 25 heavy (non-hydrogen) atoms. The summed E-state index contributed by atoms with van der Waals surface area (Å²) in [6.45, 7) is 8.48. The monoisotopic (exact) mass is 346 g/mol. The highest BCUT2D eigenvalue weighted by Gasteiger charge is 2.58. The number of fused-ring (bicyclic) bond motifs is 3.